The highest BCUT2D eigenvalue weighted by molar-refractivity contribution is 5.63. The predicted molar refractivity (Wildman–Crippen MR) is 48.7 cm³/mol. The Morgan fingerprint density at radius 2 is 1.53 bits per heavy atom. The van der Waals surface area contributed by atoms with Crippen LogP contribution >= 0.6 is 0 Å². The first-order chi connectivity index (χ1) is 7.17. The summed E-state index contributed by atoms with van der Waals surface area (Å²) in [5.74, 6) is 0. The molecule has 7 nitrogen and oxygen atoms in total. The molecular weight excluding hydrogens is 202 g/mol. The summed E-state index contributed by atoms with van der Waals surface area (Å²) in [6.45, 7) is 0. The molecule has 0 bridgehead atoms. The third-order valence-electron chi connectivity index (χ3n) is 1.45. The summed E-state index contributed by atoms with van der Waals surface area (Å²) in [4.78, 5) is 36.0. The number of hydrogen-bond acceptors (Lipinski definition) is 6. The standard InChI is InChI=1S/C8H3N3O4/c12-4-9-6-1-7(10-5-13)3-8(2-6)11(14)15/h1-3H. The molecule has 0 saturated carbocycles. The first-order valence-electron chi connectivity index (χ1n) is 3.62. The number of nitrogens with zero attached hydrogens (tertiary/aromatic N) is 3. The number of hydrogen-bond donors (Lipinski definition) is 0. The number of isocyanates is 2. The number of rotatable bonds is 3. The molecule has 1 rings (SSSR count). The third kappa shape index (κ3) is 2.67. The highest BCUT2D eigenvalue weighted by atomic mass is 16.6. The van der Waals surface area contributed by atoms with Gasteiger partial charge in [-0.3, -0.25) is 10.1 Å². The molecule has 74 valence electrons. The zero-order valence-electron chi connectivity index (χ0n) is 7.21. The maximum atomic E-state index is 10.4. The Kier molecular flexibility index (Phi) is 3.19. The van der Waals surface area contributed by atoms with Crippen molar-refractivity contribution in [3.63, 3.8) is 0 Å². The summed E-state index contributed by atoms with van der Waals surface area (Å²) in [6.07, 6.45) is 2.46. The first-order valence-corrected chi connectivity index (χ1v) is 3.62. The lowest BCUT2D eigenvalue weighted by Crippen LogP contribution is -1.86. The van der Waals surface area contributed by atoms with Crippen LogP contribution in [-0.4, -0.2) is 17.1 Å². The van der Waals surface area contributed by atoms with Gasteiger partial charge in [0, 0.05) is 12.1 Å². The van der Waals surface area contributed by atoms with Crippen molar-refractivity contribution in [1.29, 1.82) is 0 Å². The van der Waals surface area contributed by atoms with Gasteiger partial charge in [-0.15, -0.1) is 0 Å². The van der Waals surface area contributed by atoms with E-state index in [4.69, 9.17) is 0 Å². The lowest BCUT2D eigenvalue weighted by Gasteiger charge is -1.94. The molecule has 0 aliphatic heterocycles. The molecule has 15 heavy (non-hydrogen) atoms. The quantitative estimate of drug-likeness (QED) is 0.323. The third-order valence-corrected chi connectivity index (χ3v) is 1.45. The molecule has 0 aliphatic rings. The molecule has 0 amide bonds. The van der Waals surface area contributed by atoms with E-state index in [0.717, 1.165) is 12.1 Å². The minimum atomic E-state index is -0.687. The summed E-state index contributed by atoms with van der Waals surface area (Å²) in [5, 5.41) is 10.4. The Hall–Kier alpha value is -2.62. The van der Waals surface area contributed by atoms with Crippen molar-refractivity contribution in [3.8, 4) is 0 Å². The van der Waals surface area contributed by atoms with E-state index < -0.39 is 4.92 Å². The number of aliphatic imine (C=N–C) groups is 2. The summed E-state index contributed by atoms with van der Waals surface area (Å²) in [7, 11) is 0. The molecule has 7 heteroatoms. The fourth-order valence-electron chi connectivity index (χ4n) is 0.919. The van der Waals surface area contributed by atoms with E-state index in [-0.39, 0.29) is 17.1 Å². The fraction of sp³-hybridized carbons (Fsp3) is 0. The van der Waals surface area contributed by atoms with Crippen molar-refractivity contribution in [1.82, 2.24) is 0 Å². The van der Waals surface area contributed by atoms with Crippen LogP contribution in [0.2, 0.25) is 0 Å². The second-order valence-corrected chi connectivity index (χ2v) is 2.37. The molecular formula is C8H3N3O4. The van der Waals surface area contributed by atoms with Gasteiger partial charge >= 0.3 is 0 Å². The maximum Gasteiger partial charge on any atom is 0.273 e. The molecule has 0 N–H and O–H groups in total. The number of carbonyl (C=O) groups excluding carboxylic acids is 2. The van der Waals surface area contributed by atoms with Crippen LogP contribution in [0.4, 0.5) is 17.1 Å². The van der Waals surface area contributed by atoms with Gasteiger partial charge < -0.3 is 0 Å². The van der Waals surface area contributed by atoms with E-state index >= 15 is 0 Å². The van der Waals surface area contributed by atoms with Crippen LogP contribution in [-0.2, 0) is 9.59 Å². The Bertz CT molecular complexity index is 432. The minimum Gasteiger partial charge on any atom is -0.258 e. The van der Waals surface area contributed by atoms with Gasteiger partial charge in [-0.25, -0.2) is 9.59 Å². The largest absolute Gasteiger partial charge is 0.273 e. The molecule has 1 aromatic carbocycles. The lowest BCUT2D eigenvalue weighted by molar-refractivity contribution is -0.384. The Labute approximate surface area is 82.9 Å². The van der Waals surface area contributed by atoms with Gasteiger partial charge in [-0.2, -0.15) is 9.98 Å². The average Bonchev–Trinajstić information content (AvgIpc) is 2.18. The van der Waals surface area contributed by atoms with Gasteiger partial charge in [0.15, 0.2) is 0 Å². The Morgan fingerprint density at radius 1 is 1.07 bits per heavy atom. The van der Waals surface area contributed by atoms with E-state index in [9.17, 15) is 19.7 Å². The van der Waals surface area contributed by atoms with Crippen LogP contribution in [0.1, 0.15) is 0 Å². The second kappa shape index (κ2) is 4.57. The highest BCUT2D eigenvalue weighted by Gasteiger charge is 2.09. The smallest absolute Gasteiger partial charge is 0.258 e. The highest BCUT2D eigenvalue weighted by Crippen LogP contribution is 2.27. The van der Waals surface area contributed by atoms with Gasteiger partial charge in [0.1, 0.15) is 0 Å². The molecule has 0 aromatic heterocycles. The van der Waals surface area contributed by atoms with Crippen molar-refractivity contribution in [2.75, 3.05) is 0 Å². The van der Waals surface area contributed by atoms with E-state index in [1.807, 2.05) is 0 Å². The SMILES string of the molecule is O=C=Nc1cc(N=C=O)cc([N+](=O)[O-])c1. The van der Waals surface area contributed by atoms with Gasteiger partial charge in [-0.1, -0.05) is 0 Å². The number of nitro groups is 1. The van der Waals surface area contributed by atoms with E-state index in [1.54, 1.807) is 0 Å². The van der Waals surface area contributed by atoms with Crippen molar-refractivity contribution in [3.05, 3.63) is 28.3 Å². The lowest BCUT2D eigenvalue weighted by atomic mass is 10.2. The predicted octanol–water partition coefficient (Wildman–Crippen LogP) is 1.53. The molecule has 0 unspecified atom stereocenters. The van der Waals surface area contributed by atoms with Crippen molar-refractivity contribution >= 4 is 29.2 Å². The monoisotopic (exact) mass is 205 g/mol. The number of benzene rings is 1. The van der Waals surface area contributed by atoms with Crippen molar-refractivity contribution in [2.45, 2.75) is 0 Å². The zero-order valence-corrected chi connectivity index (χ0v) is 7.21. The van der Waals surface area contributed by atoms with Gasteiger partial charge in [0.05, 0.1) is 16.3 Å². The average molecular weight is 205 g/mol. The molecule has 0 fully saturated rings. The number of nitro benzene ring substituents is 1. The van der Waals surface area contributed by atoms with Crippen LogP contribution in [0.15, 0.2) is 28.2 Å². The molecule has 0 radical (unpaired) electrons. The van der Waals surface area contributed by atoms with Crippen LogP contribution < -0.4 is 0 Å². The molecule has 0 aliphatic carbocycles. The van der Waals surface area contributed by atoms with Gasteiger partial charge in [0.2, 0.25) is 12.2 Å². The zero-order chi connectivity index (χ0) is 11.3. The molecule has 0 atom stereocenters. The van der Waals surface area contributed by atoms with Crippen molar-refractivity contribution in [2.24, 2.45) is 9.98 Å². The summed E-state index contributed by atoms with van der Waals surface area (Å²) >= 11 is 0. The van der Waals surface area contributed by atoms with Crippen molar-refractivity contribution < 1.29 is 14.5 Å². The normalized spacial score (nSPS) is 8.53. The molecule has 0 spiro atoms. The van der Waals surface area contributed by atoms with E-state index in [1.165, 1.54) is 18.2 Å². The van der Waals surface area contributed by atoms with Crippen LogP contribution in [0.5, 0.6) is 0 Å². The second-order valence-electron chi connectivity index (χ2n) is 2.37. The topological polar surface area (TPSA) is 102 Å². The Balaban J connectivity index is 3.37. The van der Waals surface area contributed by atoms with Crippen LogP contribution in [0.3, 0.4) is 0 Å². The van der Waals surface area contributed by atoms with E-state index in [2.05, 4.69) is 9.98 Å². The van der Waals surface area contributed by atoms with Crippen LogP contribution in [0.25, 0.3) is 0 Å². The Morgan fingerprint density at radius 3 is 1.87 bits per heavy atom. The number of non-ortho nitro benzene ring substituents is 1. The summed E-state index contributed by atoms with van der Waals surface area (Å²) in [5.41, 5.74) is -0.304. The van der Waals surface area contributed by atoms with Gasteiger partial charge in [-0.05, 0) is 6.07 Å². The van der Waals surface area contributed by atoms with Gasteiger partial charge in [0.25, 0.3) is 5.69 Å². The van der Waals surface area contributed by atoms with E-state index in [0.29, 0.717) is 0 Å². The first kappa shape index (κ1) is 10.5. The minimum absolute atomic E-state index is 0.00759. The summed E-state index contributed by atoms with van der Waals surface area (Å²) < 4.78 is 0. The molecule has 0 saturated heterocycles. The summed E-state index contributed by atoms with van der Waals surface area (Å²) in [6, 6.07) is 3.35. The molecule has 1 aromatic rings. The molecule has 0 heterocycles. The fourth-order valence-corrected chi connectivity index (χ4v) is 0.919. The maximum absolute atomic E-state index is 10.4. The van der Waals surface area contributed by atoms with Crippen LogP contribution in [0, 0.1) is 10.1 Å².